The Morgan fingerprint density at radius 2 is 2.30 bits per heavy atom. The molecular formula is C13H12N6O. The van der Waals surface area contributed by atoms with Crippen LogP contribution < -0.4 is 5.32 Å². The third kappa shape index (κ3) is 2.41. The van der Waals surface area contributed by atoms with E-state index in [0.717, 1.165) is 11.4 Å². The van der Waals surface area contributed by atoms with Crippen LogP contribution in [0, 0.1) is 0 Å². The van der Waals surface area contributed by atoms with Crippen LogP contribution in [0.3, 0.4) is 0 Å². The lowest BCUT2D eigenvalue weighted by Crippen LogP contribution is -2.12. The summed E-state index contributed by atoms with van der Waals surface area (Å²) in [5.74, 6) is 0.454. The number of carbonyl (C=O) groups is 1. The van der Waals surface area contributed by atoms with E-state index < -0.39 is 0 Å². The van der Waals surface area contributed by atoms with Gasteiger partial charge in [-0.2, -0.15) is 0 Å². The molecule has 2 N–H and O–H groups in total. The second-order valence-electron chi connectivity index (χ2n) is 4.25. The number of amides is 1. The number of aromatic nitrogens is 5. The number of rotatable bonds is 3. The van der Waals surface area contributed by atoms with Crippen LogP contribution in [0.25, 0.3) is 11.4 Å². The molecule has 0 aliphatic heterocycles. The molecule has 0 fully saturated rings. The highest BCUT2D eigenvalue weighted by atomic mass is 16.2. The monoisotopic (exact) mass is 268 g/mol. The minimum atomic E-state index is -0.297. The zero-order valence-corrected chi connectivity index (χ0v) is 10.7. The van der Waals surface area contributed by atoms with Gasteiger partial charge in [-0.05, 0) is 12.1 Å². The highest BCUT2D eigenvalue weighted by Gasteiger charge is 2.10. The first kappa shape index (κ1) is 12.1. The fourth-order valence-electron chi connectivity index (χ4n) is 1.81. The number of nitrogens with one attached hydrogen (secondary N) is 2. The van der Waals surface area contributed by atoms with Crippen LogP contribution in [0.4, 0.5) is 5.69 Å². The van der Waals surface area contributed by atoms with E-state index in [2.05, 4.69) is 25.6 Å². The van der Waals surface area contributed by atoms with Crippen molar-refractivity contribution in [2.75, 3.05) is 5.32 Å². The molecule has 20 heavy (non-hydrogen) atoms. The molecule has 3 rings (SSSR count). The van der Waals surface area contributed by atoms with Gasteiger partial charge >= 0.3 is 0 Å². The third-order valence-corrected chi connectivity index (χ3v) is 2.73. The van der Waals surface area contributed by atoms with Gasteiger partial charge in [-0.15, -0.1) is 5.10 Å². The van der Waals surface area contributed by atoms with E-state index in [-0.39, 0.29) is 11.6 Å². The van der Waals surface area contributed by atoms with E-state index in [1.165, 1.54) is 4.68 Å². The molecule has 2 aromatic heterocycles. The second kappa shape index (κ2) is 4.96. The molecule has 2 heterocycles. The lowest BCUT2D eigenvalue weighted by Gasteiger charge is -2.04. The van der Waals surface area contributed by atoms with Crippen molar-refractivity contribution < 1.29 is 4.79 Å². The molecule has 1 aromatic carbocycles. The molecule has 0 radical (unpaired) electrons. The van der Waals surface area contributed by atoms with E-state index in [9.17, 15) is 4.79 Å². The number of H-pyrrole nitrogens is 1. The zero-order chi connectivity index (χ0) is 13.9. The van der Waals surface area contributed by atoms with Gasteiger partial charge in [0.1, 0.15) is 5.82 Å². The maximum Gasteiger partial charge on any atom is 0.277 e. The maximum absolute atomic E-state index is 12.0. The van der Waals surface area contributed by atoms with Crippen molar-refractivity contribution in [3.8, 4) is 11.4 Å². The van der Waals surface area contributed by atoms with Crippen LogP contribution >= 0.6 is 0 Å². The first-order valence-corrected chi connectivity index (χ1v) is 6.00. The van der Waals surface area contributed by atoms with E-state index in [1.54, 1.807) is 31.7 Å². The van der Waals surface area contributed by atoms with Gasteiger partial charge in [0, 0.05) is 30.7 Å². The summed E-state index contributed by atoms with van der Waals surface area (Å²) >= 11 is 0. The van der Waals surface area contributed by atoms with Gasteiger partial charge in [0.05, 0.1) is 6.20 Å². The summed E-state index contributed by atoms with van der Waals surface area (Å²) in [6.07, 6.45) is 4.99. The van der Waals surface area contributed by atoms with Crippen molar-refractivity contribution in [3.63, 3.8) is 0 Å². The predicted octanol–water partition coefficient (Wildman–Crippen LogP) is 1.46. The van der Waals surface area contributed by atoms with Crippen molar-refractivity contribution in [1.82, 2.24) is 25.0 Å². The first-order chi connectivity index (χ1) is 9.72. The van der Waals surface area contributed by atoms with Crippen LogP contribution in [0.15, 0.2) is 42.9 Å². The summed E-state index contributed by atoms with van der Waals surface area (Å²) in [6.45, 7) is 0. The Hall–Kier alpha value is -2.96. The maximum atomic E-state index is 12.0. The Labute approximate surface area is 114 Å². The average molecular weight is 268 g/mol. The Morgan fingerprint density at radius 3 is 3.00 bits per heavy atom. The highest BCUT2D eigenvalue weighted by Crippen LogP contribution is 2.19. The highest BCUT2D eigenvalue weighted by molar-refractivity contribution is 6.02. The summed E-state index contributed by atoms with van der Waals surface area (Å²) in [7, 11) is 1.71. The third-order valence-electron chi connectivity index (χ3n) is 2.73. The largest absolute Gasteiger partial charge is 0.345 e. The molecule has 7 heteroatoms. The number of aromatic amines is 1. The predicted molar refractivity (Wildman–Crippen MR) is 73.0 cm³/mol. The zero-order valence-electron chi connectivity index (χ0n) is 10.7. The van der Waals surface area contributed by atoms with E-state index in [1.807, 2.05) is 18.2 Å². The van der Waals surface area contributed by atoms with E-state index >= 15 is 0 Å². The first-order valence-electron chi connectivity index (χ1n) is 6.00. The molecule has 3 aromatic rings. The summed E-state index contributed by atoms with van der Waals surface area (Å²) in [5.41, 5.74) is 1.84. The van der Waals surface area contributed by atoms with Crippen LogP contribution in [0.1, 0.15) is 10.5 Å². The summed E-state index contributed by atoms with van der Waals surface area (Å²) in [6, 6.07) is 7.41. The number of aryl methyl sites for hydroxylation is 1. The molecule has 1 amide bonds. The quantitative estimate of drug-likeness (QED) is 0.752. The van der Waals surface area contributed by atoms with Gasteiger partial charge in [-0.25, -0.2) is 4.98 Å². The topological polar surface area (TPSA) is 88.5 Å². The van der Waals surface area contributed by atoms with Gasteiger partial charge in [-0.1, -0.05) is 17.3 Å². The fourth-order valence-corrected chi connectivity index (χ4v) is 1.81. The summed E-state index contributed by atoms with van der Waals surface area (Å²) < 4.78 is 1.48. The lowest BCUT2D eigenvalue weighted by molar-refractivity contribution is 0.102. The fraction of sp³-hybridized carbons (Fsp3) is 0.0769. The molecule has 0 atom stereocenters. The molecule has 0 spiro atoms. The number of nitrogens with zero attached hydrogens (tertiary/aromatic N) is 4. The lowest BCUT2D eigenvalue weighted by atomic mass is 10.2. The molecule has 0 aliphatic carbocycles. The van der Waals surface area contributed by atoms with Crippen molar-refractivity contribution >= 4 is 11.6 Å². The average Bonchev–Trinajstić information content (AvgIpc) is 3.10. The second-order valence-corrected chi connectivity index (χ2v) is 4.25. The number of hydrogen-bond donors (Lipinski definition) is 2. The molecule has 0 unspecified atom stereocenters. The van der Waals surface area contributed by atoms with Crippen molar-refractivity contribution in [2.24, 2.45) is 7.05 Å². The van der Waals surface area contributed by atoms with E-state index in [0.29, 0.717) is 5.69 Å². The Bertz CT molecular complexity index is 731. The molecule has 0 saturated carbocycles. The van der Waals surface area contributed by atoms with Crippen LogP contribution in [0.5, 0.6) is 0 Å². The van der Waals surface area contributed by atoms with Crippen LogP contribution in [0.2, 0.25) is 0 Å². The van der Waals surface area contributed by atoms with Crippen molar-refractivity contribution in [1.29, 1.82) is 0 Å². The molecule has 7 nitrogen and oxygen atoms in total. The number of imidazole rings is 1. The summed E-state index contributed by atoms with van der Waals surface area (Å²) in [5, 5.41) is 10.3. The SMILES string of the molecule is Cn1cc(C(=O)Nc2cccc(-c3ncc[nH]3)c2)nn1. The normalized spacial score (nSPS) is 10.4. The Balaban J connectivity index is 1.81. The number of hydrogen-bond acceptors (Lipinski definition) is 4. The van der Waals surface area contributed by atoms with Crippen molar-refractivity contribution in [3.05, 3.63) is 48.5 Å². The smallest absolute Gasteiger partial charge is 0.277 e. The molecule has 0 bridgehead atoms. The molecule has 100 valence electrons. The summed E-state index contributed by atoms with van der Waals surface area (Å²) in [4.78, 5) is 19.2. The molecular weight excluding hydrogens is 256 g/mol. The Morgan fingerprint density at radius 1 is 1.40 bits per heavy atom. The Kier molecular flexibility index (Phi) is 3.00. The minimum absolute atomic E-state index is 0.274. The number of anilines is 1. The van der Waals surface area contributed by atoms with Crippen LogP contribution in [-0.4, -0.2) is 30.9 Å². The molecule has 0 saturated heterocycles. The van der Waals surface area contributed by atoms with Crippen LogP contribution in [-0.2, 0) is 7.05 Å². The molecule has 0 aliphatic rings. The van der Waals surface area contributed by atoms with E-state index in [4.69, 9.17) is 0 Å². The van der Waals surface area contributed by atoms with Gasteiger partial charge in [0.15, 0.2) is 5.69 Å². The number of benzene rings is 1. The minimum Gasteiger partial charge on any atom is -0.345 e. The van der Waals surface area contributed by atoms with Gasteiger partial charge in [0.2, 0.25) is 0 Å². The standard InChI is InChI=1S/C13H12N6O/c1-19-8-11(17-18-19)13(20)16-10-4-2-3-9(7-10)12-14-5-6-15-12/h2-8H,1H3,(H,14,15)(H,16,20). The van der Waals surface area contributed by atoms with Gasteiger partial charge < -0.3 is 10.3 Å². The number of carbonyl (C=O) groups excluding carboxylic acids is 1. The van der Waals surface area contributed by atoms with Gasteiger partial charge in [-0.3, -0.25) is 9.48 Å². The van der Waals surface area contributed by atoms with Crippen molar-refractivity contribution in [2.45, 2.75) is 0 Å². The van der Waals surface area contributed by atoms with Gasteiger partial charge in [0.25, 0.3) is 5.91 Å².